The van der Waals surface area contributed by atoms with Crippen LogP contribution in [0.3, 0.4) is 0 Å². The summed E-state index contributed by atoms with van der Waals surface area (Å²) in [5, 5.41) is 0. The number of ether oxygens (including phenoxy) is 1. The second kappa shape index (κ2) is 4.44. The Bertz CT molecular complexity index is 292. The predicted octanol–water partition coefficient (Wildman–Crippen LogP) is 2.32. The third kappa shape index (κ3) is 1.89. The van der Waals surface area contributed by atoms with Gasteiger partial charge in [-0.05, 0) is 13.0 Å². The number of hydrogen-bond donors (Lipinski definition) is 0. The van der Waals surface area contributed by atoms with Crippen molar-refractivity contribution in [1.29, 1.82) is 0 Å². The van der Waals surface area contributed by atoms with Gasteiger partial charge < -0.3 is 4.74 Å². The summed E-state index contributed by atoms with van der Waals surface area (Å²) in [5.74, 6) is 0.857. The molecule has 1 aliphatic heterocycles. The van der Waals surface area contributed by atoms with Gasteiger partial charge in [-0.15, -0.1) is 0 Å². The Morgan fingerprint density at radius 1 is 1.36 bits per heavy atom. The first-order valence-electron chi connectivity index (χ1n) is 4.79. The molecule has 0 aromatic heterocycles. The molecule has 75 valence electrons. The van der Waals surface area contributed by atoms with Crippen molar-refractivity contribution in [2.75, 3.05) is 13.2 Å². The number of benzene rings is 1. The van der Waals surface area contributed by atoms with E-state index in [4.69, 9.17) is 14.5 Å². The van der Waals surface area contributed by atoms with Gasteiger partial charge in [0.15, 0.2) is 6.10 Å². The number of para-hydroxylation sites is 1. The highest BCUT2D eigenvalue weighted by Crippen LogP contribution is 2.32. The predicted molar refractivity (Wildman–Crippen MR) is 51.6 cm³/mol. The largest absolute Gasteiger partial charge is 0.493 e. The molecule has 1 fully saturated rings. The molecule has 0 unspecified atom stereocenters. The van der Waals surface area contributed by atoms with E-state index in [-0.39, 0.29) is 0 Å². The minimum atomic E-state index is 0.621. The SMILES string of the molecule is CCOc1ccccc1[C]1CCOO1. The molecule has 1 saturated heterocycles. The van der Waals surface area contributed by atoms with Gasteiger partial charge in [-0.25, -0.2) is 9.78 Å². The van der Waals surface area contributed by atoms with Gasteiger partial charge in [0, 0.05) is 12.0 Å². The van der Waals surface area contributed by atoms with E-state index < -0.39 is 0 Å². The molecule has 0 atom stereocenters. The molecule has 1 aromatic carbocycles. The van der Waals surface area contributed by atoms with Crippen LogP contribution in [0.25, 0.3) is 0 Å². The molecule has 0 bridgehead atoms. The van der Waals surface area contributed by atoms with Crippen molar-refractivity contribution in [3.63, 3.8) is 0 Å². The van der Waals surface area contributed by atoms with E-state index >= 15 is 0 Å². The summed E-state index contributed by atoms with van der Waals surface area (Å²) in [6, 6.07) is 7.83. The molecule has 1 aliphatic rings. The summed E-state index contributed by atoms with van der Waals surface area (Å²) < 4.78 is 5.49. The highest BCUT2D eigenvalue weighted by molar-refractivity contribution is 5.41. The van der Waals surface area contributed by atoms with Crippen LogP contribution in [0.5, 0.6) is 5.75 Å². The molecule has 3 heteroatoms. The van der Waals surface area contributed by atoms with Gasteiger partial charge in [-0.3, -0.25) is 0 Å². The summed E-state index contributed by atoms with van der Waals surface area (Å²) in [5.41, 5.74) is 0.992. The Morgan fingerprint density at radius 2 is 2.21 bits per heavy atom. The highest BCUT2D eigenvalue weighted by Gasteiger charge is 2.24. The fourth-order valence-electron chi connectivity index (χ4n) is 1.45. The van der Waals surface area contributed by atoms with Crippen molar-refractivity contribution in [3.8, 4) is 5.75 Å². The first-order chi connectivity index (χ1) is 6.92. The van der Waals surface area contributed by atoms with Crippen LogP contribution >= 0.6 is 0 Å². The molecule has 1 heterocycles. The van der Waals surface area contributed by atoms with Crippen LogP contribution in [0.4, 0.5) is 0 Å². The van der Waals surface area contributed by atoms with Crippen molar-refractivity contribution in [2.24, 2.45) is 0 Å². The van der Waals surface area contributed by atoms with Gasteiger partial charge >= 0.3 is 0 Å². The summed E-state index contributed by atoms with van der Waals surface area (Å²) in [6.45, 7) is 3.24. The van der Waals surface area contributed by atoms with Crippen LogP contribution in [0.2, 0.25) is 0 Å². The molecule has 0 N–H and O–H groups in total. The molecule has 3 nitrogen and oxygen atoms in total. The Morgan fingerprint density at radius 3 is 2.93 bits per heavy atom. The third-order valence-corrected chi connectivity index (χ3v) is 2.06. The molecule has 0 aliphatic carbocycles. The number of hydrogen-bond acceptors (Lipinski definition) is 3. The van der Waals surface area contributed by atoms with Crippen molar-refractivity contribution in [3.05, 3.63) is 35.9 Å². The smallest absolute Gasteiger partial charge is 0.171 e. The lowest BCUT2D eigenvalue weighted by Crippen LogP contribution is -2.01. The Hall–Kier alpha value is -1.06. The minimum Gasteiger partial charge on any atom is -0.493 e. The van der Waals surface area contributed by atoms with E-state index in [9.17, 15) is 0 Å². The van der Waals surface area contributed by atoms with Crippen LogP contribution in [0.15, 0.2) is 24.3 Å². The quantitative estimate of drug-likeness (QED) is 0.689. The zero-order chi connectivity index (χ0) is 9.80. The summed E-state index contributed by atoms with van der Waals surface area (Å²) in [4.78, 5) is 9.91. The summed E-state index contributed by atoms with van der Waals surface area (Å²) in [7, 11) is 0. The third-order valence-electron chi connectivity index (χ3n) is 2.06. The average molecular weight is 193 g/mol. The molecule has 14 heavy (non-hydrogen) atoms. The van der Waals surface area contributed by atoms with Gasteiger partial charge in [0.25, 0.3) is 0 Å². The van der Waals surface area contributed by atoms with E-state index in [2.05, 4.69) is 0 Å². The molecular formula is C11H13O3. The van der Waals surface area contributed by atoms with E-state index in [1.807, 2.05) is 31.2 Å². The Kier molecular flexibility index (Phi) is 3.01. The van der Waals surface area contributed by atoms with Gasteiger partial charge in [-0.2, -0.15) is 0 Å². The highest BCUT2D eigenvalue weighted by atomic mass is 17.2. The van der Waals surface area contributed by atoms with Gasteiger partial charge in [0.1, 0.15) is 5.75 Å². The van der Waals surface area contributed by atoms with Crippen LogP contribution < -0.4 is 4.74 Å². The Balaban J connectivity index is 2.21. The van der Waals surface area contributed by atoms with E-state index in [0.29, 0.717) is 13.2 Å². The lowest BCUT2D eigenvalue weighted by atomic mass is 10.1. The van der Waals surface area contributed by atoms with Crippen molar-refractivity contribution in [2.45, 2.75) is 13.3 Å². The molecule has 1 aromatic rings. The minimum absolute atomic E-state index is 0.621. The lowest BCUT2D eigenvalue weighted by molar-refractivity contribution is -0.239. The van der Waals surface area contributed by atoms with Crippen LogP contribution in [-0.4, -0.2) is 13.2 Å². The van der Waals surface area contributed by atoms with Gasteiger partial charge in [0.05, 0.1) is 13.2 Å². The molecular weight excluding hydrogens is 180 g/mol. The lowest BCUT2D eigenvalue weighted by Gasteiger charge is -2.11. The van der Waals surface area contributed by atoms with Gasteiger partial charge in [0.2, 0.25) is 0 Å². The molecule has 0 amide bonds. The summed E-state index contributed by atoms with van der Waals surface area (Å²) in [6.07, 6.45) is 1.67. The molecule has 0 saturated carbocycles. The van der Waals surface area contributed by atoms with Crippen molar-refractivity contribution in [1.82, 2.24) is 0 Å². The van der Waals surface area contributed by atoms with Gasteiger partial charge in [-0.1, -0.05) is 18.2 Å². The zero-order valence-corrected chi connectivity index (χ0v) is 8.16. The van der Waals surface area contributed by atoms with Crippen LogP contribution in [-0.2, 0) is 9.78 Å². The maximum absolute atomic E-state index is 5.49. The van der Waals surface area contributed by atoms with E-state index in [0.717, 1.165) is 23.8 Å². The first kappa shape index (κ1) is 9.49. The fourth-order valence-corrected chi connectivity index (χ4v) is 1.45. The molecule has 0 spiro atoms. The Labute approximate surface area is 83.5 Å². The second-order valence-electron chi connectivity index (χ2n) is 3.01. The number of rotatable bonds is 3. The zero-order valence-electron chi connectivity index (χ0n) is 8.16. The standard InChI is InChI=1S/C11H13O3/c1-2-12-10-6-4-3-5-9(10)11-7-8-13-14-11/h3-6H,2,7-8H2,1H3. The summed E-state index contributed by atoms with van der Waals surface area (Å²) >= 11 is 0. The normalized spacial score (nSPS) is 17.2. The monoisotopic (exact) mass is 193 g/mol. The van der Waals surface area contributed by atoms with Crippen molar-refractivity contribution < 1.29 is 14.5 Å². The van der Waals surface area contributed by atoms with Crippen LogP contribution in [0, 0.1) is 6.10 Å². The molecule has 1 radical (unpaired) electrons. The first-order valence-corrected chi connectivity index (χ1v) is 4.79. The maximum atomic E-state index is 5.49. The maximum Gasteiger partial charge on any atom is 0.171 e. The van der Waals surface area contributed by atoms with E-state index in [1.165, 1.54) is 0 Å². The average Bonchev–Trinajstić information content (AvgIpc) is 2.72. The topological polar surface area (TPSA) is 27.7 Å². The van der Waals surface area contributed by atoms with Crippen molar-refractivity contribution >= 4 is 0 Å². The van der Waals surface area contributed by atoms with Crippen LogP contribution in [0.1, 0.15) is 18.9 Å². The second-order valence-corrected chi connectivity index (χ2v) is 3.01. The molecule has 2 rings (SSSR count). The fraction of sp³-hybridized carbons (Fsp3) is 0.364. The van der Waals surface area contributed by atoms with E-state index in [1.54, 1.807) is 0 Å².